The minimum absolute atomic E-state index is 0.269. The van der Waals surface area contributed by atoms with Gasteiger partial charge in [0.2, 0.25) is 0 Å². The van der Waals surface area contributed by atoms with Gasteiger partial charge in [0.25, 0.3) is 0 Å². The van der Waals surface area contributed by atoms with Crippen molar-refractivity contribution in [2.24, 2.45) is 0 Å². The lowest BCUT2D eigenvalue weighted by Gasteiger charge is -2.17. The molecule has 0 aromatic heterocycles. The summed E-state index contributed by atoms with van der Waals surface area (Å²) in [5.74, 6) is 3.59. The van der Waals surface area contributed by atoms with Gasteiger partial charge in [-0.05, 0) is 73.4 Å². The van der Waals surface area contributed by atoms with Crippen molar-refractivity contribution in [2.75, 3.05) is 7.11 Å². The first-order valence-corrected chi connectivity index (χ1v) is 14.0. The van der Waals surface area contributed by atoms with Crippen LogP contribution < -0.4 is 0 Å². The summed E-state index contributed by atoms with van der Waals surface area (Å²) in [6.07, 6.45) is 3.21. The molecule has 0 aliphatic heterocycles. The van der Waals surface area contributed by atoms with Gasteiger partial charge in [-0.15, -0.1) is 5.54 Å². The third-order valence-corrected chi connectivity index (χ3v) is 6.14. The second-order valence-electron chi connectivity index (χ2n) is 8.86. The van der Waals surface area contributed by atoms with Gasteiger partial charge in [0.15, 0.2) is 0 Å². The van der Waals surface area contributed by atoms with E-state index >= 15 is 0 Å². The van der Waals surface area contributed by atoms with Crippen molar-refractivity contribution in [3.8, 4) is 11.5 Å². The fourth-order valence-electron chi connectivity index (χ4n) is 3.50. The minimum Gasteiger partial charge on any atom is -0.465 e. The fourth-order valence-corrected chi connectivity index (χ4v) is 4.01. The Morgan fingerprint density at radius 2 is 1.79 bits per heavy atom. The molecule has 1 atom stereocenters. The monoisotopic (exact) mass is 406 g/mol. The largest absolute Gasteiger partial charge is 0.465 e. The molecule has 0 bridgehead atoms. The highest BCUT2D eigenvalue weighted by atomic mass is 28.3. The molecule has 1 unspecified atom stereocenters. The maximum Gasteiger partial charge on any atom is 0.338 e. The molecule has 0 saturated heterocycles. The van der Waals surface area contributed by atoms with Gasteiger partial charge in [0, 0.05) is 5.56 Å². The second kappa shape index (κ2) is 9.94. The van der Waals surface area contributed by atoms with E-state index in [1.165, 1.54) is 23.8 Å². The molecule has 0 heterocycles. The van der Waals surface area contributed by atoms with Crippen molar-refractivity contribution in [1.29, 1.82) is 0 Å². The predicted molar refractivity (Wildman–Crippen MR) is 125 cm³/mol. The quantitative estimate of drug-likeness (QED) is 0.313. The molecule has 29 heavy (non-hydrogen) atoms. The Kier molecular flexibility index (Phi) is 7.87. The molecular weight excluding hydrogens is 372 g/mol. The molecule has 0 fully saturated rings. The van der Waals surface area contributed by atoms with E-state index in [0.717, 1.165) is 30.4 Å². The highest BCUT2D eigenvalue weighted by Crippen LogP contribution is 2.27. The maximum absolute atomic E-state index is 11.8. The van der Waals surface area contributed by atoms with Crippen LogP contribution in [0, 0.1) is 25.3 Å². The molecule has 2 aromatic carbocycles. The second-order valence-corrected chi connectivity index (χ2v) is 13.6. The number of aryl methyl sites for hydroxylation is 3. The normalized spacial score (nSPS) is 12.1. The summed E-state index contributed by atoms with van der Waals surface area (Å²) in [7, 11) is 0.0675. The third kappa shape index (κ3) is 6.61. The van der Waals surface area contributed by atoms with Crippen LogP contribution in [0.2, 0.25) is 19.6 Å². The number of benzene rings is 2. The summed E-state index contributed by atoms with van der Waals surface area (Å²) in [5, 5.41) is 0. The molecule has 154 valence electrons. The molecule has 3 heteroatoms. The Labute approximate surface area is 177 Å². The molecule has 0 amide bonds. The molecule has 2 aromatic rings. The van der Waals surface area contributed by atoms with Gasteiger partial charge in [-0.2, -0.15) is 0 Å². The topological polar surface area (TPSA) is 26.3 Å². The summed E-state index contributed by atoms with van der Waals surface area (Å²) in [5.41, 5.74) is 10.2. The van der Waals surface area contributed by atoms with E-state index in [4.69, 9.17) is 4.74 Å². The van der Waals surface area contributed by atoms with Gasteiger partial charge in [-0.25, -0.2) is 4.79 Å². The van der Waals surface area contributed by atoms with Crippen molar-refractivity contribution < 1.29 is 9.53 Å². The van der Waals surface area contributed by atoms with Crippen LogP contribution in [0.3, 0.4) is 0 Å². The Hall–Kier alpha value is -2.31. The molecule has 2 nitrogen and oxygen atoms in total. The van der Waals surface area contributed by atoms with Crippen LogP contribution in [-0.4, -0.2) is 21.2 Å². The Morgan fingerprint density at radius 1 is 1.07 bits per heavy atom. The van der Waals surface area contributed by atoms with Crippen LogP contribution in [-0.2, 0) is 11.2 Å². The first-order valence-electron chi connectivity index (χ1n) is 10.5. The summed E-state index contributed by atoms with van der Waals surface area (Å²) in [4.78, 5) is 11.8. The zero-order chi connectivity index (χ0) is 21.6. The molecule has 0 radical (unpaired) electrons. The van der Waals surface area contributed by atoms with Crippen molar-refractivity contribution in [3.05, 3.63) is 69.8 Å². The van der Waals surface area contributed by atoms with Crippen LogP contribution in [0.25, 0.3) is 0 Å². The van der Waals surface area contributed by atoms with Gasteiger partial charge < -0.3 is 4.74 Å². The summed E-state index contributed by atoms with van der Waals surface area (Å²) < 4.78 is 4.86. The number of carbonyl (C=O) groups is 1. The number of hydrogen-bond donors (Lipinski definition) is 0. The van der Waals surface area contributed by atoms with Crippen molar-refractivity contribution in [3.63, 3.8) is 0 Å². The van der Waals surface area contributed by atoms with Crippen LogP contribution >= 0.6 is 0 Å². The lowest BCUT2D eigenvalue weighted by atomic mass is 9.88. The van der Waals surface area contributed by atoms with Gasteiger partial charge in [0.1, 0.15) is 8.07 Å². The van der Waals surface area contributed by atoms with Crippen LogP contribution in [0.4, 0.5) is 0 Å². The standard InChI is InChI=1S/C26H34O2Si/c1-8-22(24-13-14-25(20(3)18-24)26(27)28-4)11-9-21-10-12-23(19(2)17-21)15-16-29(5,6)7/h10,12-14,17-18,22H,8-9,11H2,1-7H3. The number of hydrogen-bond acceptors (Lipinski definition) is 2. The first-order chi connectivity index (χ1) is 13.6. The number of esters is 1. The molecule has 2 rings (SSSR count). The summed E-state index contributed by atoms with van der Waals surface area (Å²) in [6.45, 7) is 13.2. The van der Waals surface area contributed by atoms with E-state index in [9.17, 15) is 4.79 Å². The van der Waals surface area contributed by atoms with Crippen molar-refractivity contribution in [2.45, 2.75) is 65.6 Å². The highest BCUT2D eigenvalue weighted by molar-refractivity contribution is 6.83. The zero-order valence-electron chi connectivity index (χ0n) is 19.0. The highest BCUT2D eigenvalue weighted by Gasteiger charge is 2.14. The SMILES string of the molecule is CCC(CCc1ccc(C#C[Si](C)(C)C)c(C)c1)c1ccc(C(=O)OC)c(C)c1. The van der Waals surface area contributed by atoms with Gasteiger partial charge in [-0.3, -0.25) is 0 Å². The zero-order valence-corrected chi connectivity index (χ0v) is 20.0. The molecular formula is C26H34O2Si. The molecule has 0 N–H and O–H groups in total. The predicted octanol–water partition coefficient (Wildman–Crippen LogP) is 6.45. The Morgan fingerprint density at radius 3 is 2.34 bits per heavy atom. The van der Waals surface area contributed by atoms with Gasteiger partial charge >= 0.3 is 5.97 Å². The molecule has 0 saturated carbocycles. The lowest BCUT2D eigenvalue weighted by molar-refractivity contribution is 0.0600. The maximum atomic E-state index is 11.8. The number of carbonyl (C=O) groups excluding carboxylic acids is 1. The van der Waals surface area contributed by atoms with Crippen molar-refractivity contribution >= 4 is 14.0 Å². The van der Waals surface area contributed by atoms with Gasteiger partial charge in [0.05, 0.1) is 12.7 Å². The summed E-state index contributed by atoms with van der Waals surface area (Å²) in [6, 6.07) is 12.8. The Balaban J connectivity index is 2.11. The minimum atomic E-state index is -1.36. The van der Waals surface area contributed by atoms with E-state index in [1.807, 2.05) is 13.0 Å². The van der Waals surface area contributed by atoms with E-state index < -0.39 is 8.07 Å². The lowest BCUT2D eigenvalue weighted by Crippen LogP contribution is -2.16. The Bertz CT molecular complexity index is 926. The summed E-state index contributed by atoms with van der Waals surface area (Å²) >= 11 is 0. The smallest absolute Gasteiger partial charge is 0.338 e. The third-order valence-electron chi connectivity index (χ3n) is 5.26. The molecule has 0 aliphatic rings. The first kappa shape index (κ1) is 23.0. The van der Waals surface area contributed by atoms with E-state index in [2.05, 4.69) is 75.3 Å². The molecule has 0 aliphatic carbocycles. The fraction of sp³-hybridized carbons (Fsp3) is 0.423. The van der Waals surface area contributed by atoms with Crippen LogP contribution in [0.1, 0.15) is 63.9 Å². The van der Waals surface area contributed by atoms with E-state index in [-0.39, 0.29) is 5.97 Å². The number of ether oxygens (including phenoxy) is 1. The van der Waals surface area contributed by atoms with E-state index in [1.54, 1.807) is 0 Å². The van der Waals surface area contributed by atoms with Crippen molar-refractivity contribution in [1.82, 2.24) is 0 Å². The number of rotatable bonds is 6. The van der Waals surface area contributed by atoms with E-state index in [0.29, 0.717) is 11.5 Å². The molecule has 0 spiro atoms. The van der Waals surface area contributed by atoms with Crippen LogP contribution in [0.5, 0.6) is 0 Å². The average Bonchev–Trinajstić information content (AvgIpc) is 2.66. The number of methoxy groups -OCH3 is 1. The average molecular weight is 407 g/mol. The van der Waals surface area contributed by atoms with Gasteiger partial charge in [-0.1, -0.05) is 56.8 Å². The van der Waals surface area contributed by atoms with Crippen LogP contribution in [0.15, 0.2) is 36.4 Å².